The van der Waals surface area contributed by atoms with Gasteiger partial charge in [0.05, 0.1) is 10.5 Å². The first-order chi connectivity index (χ1) is 14.7. The summed E-state index contributed by atoms with van der Waals surface area (Å²) in [6, 6.07) is 9.50. The molecule has 10 heteroatoms. The maximum atomic E-state index is 12.7. The molecule has 0 amide bonds. The molecule has 2 aliphatic rings. The number of ether oxygens (including phenoxy) is 2. The topological polar surface area (TPSA) is 67.9 Å². The van der Waals surface area contributed by atoms with E-state index in [2.05, 4.69) is 9.62 Å². The van der Waals surface area contributed by atoms with Crippen molar-refractivity contribution in [3.05, 3.63) is 53.6 Å². The quantitative estimate of drug-likeness (QED) is 0.720. The first kappa shape index (κ1) is 21.9. The first-order valence-corrected chi connectivity index (χ1v) is 11.5. The molecule has 1 N–H and O–H groups in total. The lowest BCUT2D eigenvalue weighted by Gasteiger charge is -2.26. The van der Waals surface area contributed by atoms with Crippen LogP contribution in [0.25, 0.3) is 0 Å². The molecule has 0 saturated carbocycles. The fourth-order valence-electron chi connectivity index (χ4n) is 3.97. The molecule has 168 valence electrons. The summed E-state index contributed by atoms with van der Waals surface area (Å²) in [5.41, 5.74) is 0.207. The van der Waals surface area contributed by atoms with E-state index in [-0.39, 0.29) is 17.5 Å². The van der Waals surface area contributed by atoms with Crippen LogP contribution < -0.4 is 14.2 Å². The summed E-state index contributed by atoms with van der Waals surface area (Å²) in [5, 5.41) is 0. The Kier molecular flexibility index (Phi) is 6.14. The molecule has 0 bridgehead atoms. The molecule has 2 heterocycles. The molecule has 2 aromatic carbocycles. The van der Waals surface area contributed by atoms with Crippen LogP contribution in [-0.2, 0) is 16.2 Å². The van der Waals surface area contributed by atoms with Crippen molar-refractivity contribution < 1.29 is 31.1 Å². The van der Waals surface area contributed by atoms with E-state index in [0.717, 1.165) is 60.7 Å². The van der Waals surface area contributed by atoms with Crippen molar-refractivity contribution >= 4 is 10.0 Å². The molecule has 2 aliphatic heterocycles. The van der Waals surface area contributed by atoms with E-state index in [9.17, 15) is 21.6 Å². The molecule has 4 rings (SSSR count). The normalized spacial score (nSPS) is 19.5. The van der Waals surface area contributed by atoms with Crippen molar-refractivity contribution in [2.45, 2.75) is 30.0 Å². The zero-order chi connectivity index (χ0) is 22.1. The summed E-state index contributed by atoms with van der Waals surface area (Å²) in [4.78, 5) is 2.01. The number of alkyl halides is 3. The number of hydrogen-bond acceptors (Lipinski definition) is 5. The van der Waals surface area contributed by atoms with E-state index in [1.807, 2.05) is 18.2 Å². The molecule has 0 aromatic heterocycles. The molecule has 2 aromatic rings. The van der Waals surface area contributed by atoms with Gasteiger partial charge in [-0.3, -0.25) is 4.90 Å². The summed E-state index contributed by atoms with van der Waals surface area (Å²) in [6.07, 6.45) is -2.57. The summed E-state index contributed by atoms with van der Waals surface area (Å²) in [6.45, 7) is 2.52. The molecule has 6 nitrogen and oxygen atoms in total. The molecule has 31 heavy (non-hydrogen) atoms. The van der Waals surface area contributed by atoms with Gasteiger partial charge in [0.15, 0.2) is 11.5 Å². The number of hydrogen-bond donors (Lipinski definition) is 1. The van der Waals surface area contributed by atoms with E-state index in [0.29, 0.717) is 19.8 Å². The summed E-state index contributed by atoms with van der Waals surface area (Å²) in [5.74, 6) is 1.45. The maximum Gasteiger partial charge on any atom is 0.416 e. The summed E-state index contributed by atoms with van der Waals surface area (Å²) in [7, 11) is -3.89. The highest BCUT2D eigenvalue weighted by molar-refractivity contribution is 7.89. The van der Waals surface area contributed by atoms with Gasteiger partial charge in [0.2, 0.25) is 10.0 Å². The highest BCUT2D eigenvalue weighted by Crippen LogP contribution is 2.37. The van der Waals surface area contributed by atoms with Crippen LogP contribution in [0.15, 0.2) is 47.4 Å². The number of rotatable bonds is 6. The molecule has 1 atom stereocenters. The van der Waals surface area contributed by atoms with Crippen LogP contribution in [0.2, 0.25) is 0 Å². The van der Waals surface area contributed by atoms with Gasteiger partial charge in [0, 0.05) is 19.1 Å². The molecule has 0 aliphatic carbocycles. The standard InChI is InChI=1S/C21H23F3N2O4S/c22-21(23,24)16-4-6-17(7-5-16)31(27,28)25-9-11-26-10-1-2-18(26)15-3-8-19-20(14-15)30-13-12-29-19/h3-8,14,18,25H,1-2,9-13H2. The van der Waals surface area contributed by atoms with Gasteiger partial charge in [-0.2, -0.15) is 13.2 Å². The van der Waals surface area contributed by atoms with Gasteiger partial charge in [-0.1, -0.05) is 6.07 Å². The molecular weight excluding hydrogens is 433 g/mol. The minimum absolute atomic E-state index is 0.145. The third-order valence-corrected chi connectivity index (χ3v) is 6.97. The second-order valence-electron chi connectivity index (χ2n) is 7.52. The fourth-order valence-corrected chi connectivity index (χ4v) is 4.99. The van der Waals surface area contributed by atoms with E-state index in [1.165, 1.54) is 0 Å². The Morgan fingerprint density at radius 1 is 1.03 bits per heavy atom. The Bertz CT molecular complexity index is 1030. The van der Waals surface area contributed by atoms with E-state index < -0.39 is 21.8 Å². The number of nitrogens with zero attached hydrogens (tertiary/aromatic N) is 1. The number of benzene rings is 2. The number of fused-ring (bicyclic) bond motifs is 1. The Hall–Kier alpha value is -2.30. The van der Waals surface area contributed by atoms with Gasteiger partial charge in [0.25, 0.3) is 0 Å². The first-order valence-electron chi connectivity index (χ1n) is 10.0. The lowest BCUT2D eigenvalue weighted by atomic mass is 10.0. The molecule has 1 saturated heterocycles. The summed E-state index contributed by atoms with van der Waals surface area (Å²) < 4.78 is 76.6. The van der Waals surface area contributed by atoms with Crippen molar-refractivity contribution in [3.8, 4) is 11.5 Å². The van der Waals surface area contributed by atoms with Gasteiger partial charge in [-0.25, -0.2) is 13.1 Å². The molecule has 1 unspecified atom stereocenters. The van der Waals surface area contributed by atoms with Crippen LogP contribution >= 0.6 is 0 Å². The van der Waals surface area contributed by atoms with Gasteiger partial charge < -0.3 is 9.47 Å². The van der Waals surface area contributed by atoms with Gasteiger partial charge >= 0.3 is 6.18 Å². The minimum Gasteiger partial charge on any atom is -0.486 e. The van der Waals surface area contributed by atoms with Crippen molar-refractivity contribution in [1.82, 2.24) is 9.62 Å². The van der Waals surface area contributed by atoms with Crippen molar-refractivity contribution in [1.29, 1.82) is 0 Å². The predicted molar refractivity (Wildman–Crippen MR) is 108 cm³/mol. The SMILES string of the molecule is O=S(=O)(NCCN1CCCC1c1ccc2c(c1)OCCO2)c1ccc(C(F)(F)F)cc1. The second-order valence-corrected chi connectivity index (χ2v) is 9.28. The van der Waals surface area contributed by atoms with E-state index in [4.69, 9.17) is 9.47 Å². The average Bonchev–Trinajstić information content (AvgIpc) is 3.21. The number of halogens is 3. The Balaban J connectivity index is 1.37. The summed E-state index contributed by atoms with van der Waals surface area (Å²) >= 11 is 0. The lowest BCUT2D eigenvalue weighted by Crippen LogP contribution is -2.34. The Morgan fingerprint density at radius 3 is 2.45 bits per heavy atom. The van der Waals surface area contributed by atoms with Gasteiger partial charge in [-0.15, -0.1) is 0 Å². The Labute approximate surface area is 179 Å². The smallest absolute Gasteiger partial charge is 0.416 e. The highest BCUT2D eigenvalue weighted by Gasteiger charge is 2.31. The van der Waals surface area contributed by atoms with Gasteiger partial charge in [-0.05, 0) is 61.3 Å². The zero-order valence-electron chi connectivity index (χ0n) is 16.7. The van der Waals surface area contributed by atoms with E-state index in [1.54, 1.807) is 0 Å². The Morgan fingerprint density at radius 2 is 1.74 bits per heavy atom. The molecule has 0 radical (unpaired) electrons. The average molecular weight is 456 g/mol. The lowest BCUT2D eigenvalue weighted by molar-refractivity contribution is -0.137. The third-order valence-electron chi connectivity index (χ3n) is 5.50. The largest absolute Gasteiger partial charge is 0.486 e. The van der Waals surface area contributed by atoms with Crippen LogP contribution in [-0.4, -0.2) is 46.2 Å². The van der Waals surface area contributed by atoms with Crippen LogP contribution in [0, 0.1) is 0 Å². The third kappa shape index (κ3) is 4.97. The predicted octanol–water partition coefficient (Wildman–Crippen LogP) is 3.59. The molecule has 0 spiro atoms. The molecule has 1 fully saturated rings. The van der Waals surface area contributed by atoms with Crippen molar-refractivity contribution in [2.75, 3.05) is 32.8 Å². The van der Waals surface area contributed by atoms with E-state index >= 15 is 0 Å². The van der Waals surface area contributed by atoms with Crippen LogP contribution in [0.4, 0.5) is 13.2 Å². The van der Waals surface area contributed by atoms with Crippen molar-refractivity contribution in [3.63, 3.8) is 0 Å². The minimum atomic E-state index is -4.51. The second kappa shape index (κ2) is 8.68. The molecular formula is C21H23F3N2O4S. The monoisotopic (exact) mass is 456 g/mol. The van der Waals surface area contributed by atoms with Crippen LogP contribution in [0.3, 0.4) is 0 Å². The number of nitrogens with one attached hydrogen (secondary N) is 1. The van der Waals surface area contributed by atoms with Crippen molar-refractivity contribution in [2.24, 2.45) is 0 Å². The highest BCUT2D eigenvalue weighted by atomic mass is 32.2. The van der Waals surface area contributed by atoms with Crippen LogP contribution in [0.1, 0.15) is 30.0 Å². The maximum absolute atomic E-state index is 12.7. The van der Waals surface area contributed by atoms with Gasteiger partial charge in [0.1, 0.15) is 13.2 Å². The number of sulfonamides is 1. The number of likely N-dealkylation sites (tertiary alicyclic amines) is 1. The fraction of sp³-hybridized carbons (Fsp3) is 0.429. The zero-order valence-corrected chi connectivity index (χ0v) is 17.5. The van der Waals surface area contributed by atoms with Crippen LogP contribution in [0.5, 0.6) is 11.5 Å².